The van der Waals surface area contributed by atoms with Crippen LogP contribution in [-0.2, 0) is 4.79 Å². The van der Waals surface area contributed by atoms with Crippen molar-refractivity contribution in [1.82, 2.24) is 5.32 Å². The second kappa shape index (κ2) is 9.11. The molecule has 0 spiro atoms. The van der Waals surface area contributed by atoms with Gasteiger partial charge in [0.1, 0.15) is 5.58 Å². The Kier molecular flexibility index (Phi) is 6.30. The van der Waals surface area contributed by atoms with Gasteiger partial charge in [0.25, 0.3) is 5.91 Å². The fraction of sp³-hybridized carbons (Fsp3) is 0.304. The Balaban J connectivity index is 1.66. The van der Waals surface area contributed by atoms with Gasteiger partial charge in [-0.15, -0.1) is 0 Å². The van der Waals surface area contributed by atoms with Crippen LogP contribution in [0.4, 0.5) is 0 Å². The highest BCUT2D eigenvalue weighted by Gasteiger charge is 2.21. The summed E-state index contributed by atoms with van der Waals surface area (Å²) in [6.07, 6.45) is 5.37. The van der Waals surface area contributed by atoms with E-state index in [1.54, 1.807) is 36.4 Å². The number of fused-ring (bicyclic) bond motifs is 1. The van der Waals surface area contributed by atoms with Crippen molar-refractivity contribution < 1.29 is 13.9 Å². The van der Waals surface area contributed by atoms with Crippen molar-refractivity contribution in [3.05, 3.63) is 62.7 Å². The number of carbonyl (C=O) groups excluding carboxylic acids is 1. The van der Waals surface area contributed by atoms with Crippen molar-refractivity contribution in [1.29, 1.82) is 0 Å². The third kappa shape index (κ3) is 4.63. The summed E-state index contributed by atoms with van der Waals surface area (Å²) < 4.78 is 11.7. The number of hydrogen-bond donors (Lipinski definition) is 1. The minimum Gasteiger partial charge on any atom is -0.476 e. The summed E-state index contributed by atoms with van der Waals surface area (Å²) in [4.78, 5) is 25.5. The summed E-state index contributed by atoms with van der Waals surface area (Å²) in [5.41, 5.74) is 0.624. The van der Waals surface area contributed by atoms with E-state index < -0.39 is 0 Å². The van der Waals surface area contributed by atoms with Crippen molar-refractivity contribution in [3.8, 4) is 17.1 Å². The third-order valence-electron chi connectivity index (χ3n) is 5.24. The maximum atomic E-state index is 13.1. The first-order valence-electron chi connectivity index (χ1n) is 9.96. The maximum absolute atomic E-state index is 13.1. The topological polar surface area (TPSA) is 68.5 Å². The summed E-state index contributed by atoms with van der Waals surface area (Å²) in [5, 5.41) is 4.25. The predicted molar refractivity (Wildman–Crippen MR) is 118 cm³/mol. The molecule has 0 aliphatic heterocycles. The van der Waals surface area contributed by atoms with Gasteiger partial charge < -0.3 is 14.5 Å². The van der Waals surface area contributed by atoms with Crippen LogP contribution in [-0.4, -0.2) is 18.6 Å². The predicted octanol–water partition coefficient (Wildman–Crippen LogP) is 5.59. The van der Waals surface area contributed by atoms with Gasteiger partial charge in [0.05, 0.1) is 5.39 Å². The summed E-state index contributed by atoms with van der Waals surface area (Å²) in [7, 11) is 0. The van der Waals surface area contributed by atoms with E-state index in [1.165, 1.54) is 12.5 Å². The first-order chi connectivity index (χ1) is 14.5. The SMILES string of the molecule is O=C(COc1c(-c2ccc(Cl)cc2)oc2ccc(Cl)cc2c1=O)NC1CCCCC1. The second-order valence-corrected chi connectivity index (χ2v) is 8.30. The van der Waals surface area contributed by atoms with Crippen LogP contribution >= 0.6 is 23.2 Å². The van der Waals surface area contributed by atoms with Crippen LogP contribution < -0.4 is 15.5 Å². The van der Waals surface area contributed by atoms with E-state index in [0.717, 1.165) is 25.7 Å². The van der Waals surface area contributed by atoms with E-state index in [2.05, 4.69) is 5.32 Å². The first kappa shape index (κ1) is 20.8. The molecule has 0 bridgehead atoms. The highest BCUT2D eigenvalue weighted by molar-refractivity contribution is 6.31. The maximum Gasteiger partial charge on any atom is 0.258 e. The third-order valence-corrected chi connectivity index (χ3v) is 5.72. The molecule has 2 aromatic carbocycles. The van der Waals surface area contributed by atoms with E-state index in [9.17, 15) is 9.59 Å². The number of nitrogens with one attached hydrogen (secondary N) is 1. The highest BCUT2D eigenvalue weighted by Crippen LogP contribution is 2.32. The number of hydrogen-bond acceptors (Lipinski definition) is 4. The van der Waals surface area contributed by atoms with Gasteiger partial charge in [0, 0.05) is 21.7 Å². The molecule has 4 rings (SSSR count). The van der Waals surface area contributed by atoms with Crippen LogP contribution in [0.2, 0.25) is 10.0 Å². The summed E-state index contributed by atoms with van der Waals surface area (Å²) in [5.74, 6) is -0.0302. The fourth-order valence-corrected chi connectivity index (χ4v) is 4.02. The molecule has 1 heterocycles. The minimum atomic E-state index is -0.380. The second-order valence-electron chi connectivity index (χ2n) is 7.43. The lowest BCUT2D eigenvalue weighted by atomic mass is 9.95. The minimum absolute atomic E-state index is 0.0223. The zero-order valence-corrected chi connectivity index (χ0v) is 17.8. The van der Waals surface area contributed by atoms with Crippen LogP contribution in [0.25, 0.3) is 22.3 Å². The first-order valence-corrected chi connectivity index (χ1v) is 10.7. The lowest BCUT2D eigenvalue weighted by Crippen LogP contribution is -2.39. The molecule has 0 radical (unpaired) electrons. The van der Waals surface area contributed by atoms with Gasteiger partial charge in [0.2, 0.25) is 11.2 Å². The van der Waals surface area contributed by atoms with Gasteiger partial charge in [-0.3, -0.25) is 9.59 Å². The number of rotatable bonds is 5. The number of amides is 1. The van der Waals surface area contributed by atoms with Gasteiger partial charge in [-0.1, -0.05) is 42.5 Å². The number of carbonyl (C=O) groups is 1. The molecule has 1 amide bonds. The smallest absolute Gasteiger partial charge is 0.258 e. The van der Waals surface area contributed by atoms with Crippen molar-refractivity contribution in [3.63, 3.8) is 0 Å². The molecule has 1 aromatic heterocycles. The number of benzene rings is 2. The molecule has 30 heavy (non-hydrogen) atoms. The van der Waals surface area contributed by atoms with E-state index in [4.69, 9.17) is 32.4 Å². The van der Waals surface area contributed by atoms with Crippen LogP contribution in [0.3, 0.4) is 0 Å². The van der Waals surface area contributed by atoms with Gasteiger partial charge in [-0.05, 0) is 55.3 Å². The molecular weight excluding hydrogens is 425 g/mol. The van der Waals surface area contributed by atoms with Gasteiger partial charge >= 0.3 is 0 Å². The summed E-state index contributed by atoms with van der Waals surface area (Å²) in [6, 6.07) is 11.8. The quantitative estimate of drug-likeness (QED) is 0.555. The Hall–Kier alpha value is -2.50. The Bertz CT molecular complexity index is 1120. The molecule has 1 N–H and O–H groups in total. The molecule has 1 saturated carbocycles. The lowest BCUT2D eigenvalue weighted by molar-refractivity contribution is -0.124. The molecule has 5 nitrogen and oxygen atoms in total. The summed E-state index contributed by atoms with van der Waals surface area (Å²) >= 11 is 12.0. The molecule has 0 saturated heterocycles. The average Bonchev–Trinajstić information content (AvgIpc) is 2.75. The number of halogens is 2. The van der Waals surface area contributed by atoms with E-state index in [-0.39, 0.29) is 35.5 Å². The van der Waals surface area contributed by atoms with Crippen molar-refractivity contribution in [2.24, 2.45) is 0 Å². The zero-order chi connectivity index (χ0) is 21.1. The van der Waals surface area contributed by atoms with Crippen molar-refractivity contribution in [2.75, 3.05) is 6.61 Å². The largest absolute Gasteiger partial charge is 0.476 e. The highest BCUT2D eigenvalue weighted by atomic mass is 35.5. The van der Waals surface area contributed by atoms with Crippen molar-refractivity contribution in [2.45, 2.75) is 38.1 Å². The van der Waals surface area contributed by atoms with Gasteiger partial charge in [0.15, 0.2) is 12.4 Å². The van der Waals surface area contributed by atoms with Crippen LogP contribution in [0.5, 0.6) is 5.75 Å². The molecule has 3 aromatic rings. The van der Waals surface area contributed by atoms with E-state index in [1.807, 2.05) is 0 Å². The van der Waals surface area contributed by atoms with Gasteiger partial charge in [-0.25, -0.2) is 0 Å². The van der Waals surface area contributed by atoms with Crippen LogP contribution in [0.15, 0.2) is 51.7 Å². The number of ether oxygens (including phenoxy) is 1. The molecule has 1 fully saturated rings. The Morgan fingerprint density at radius 2 is 1.73 bits per heavy atom. The standard InChI is InChI=1S/C23H21Cl2NO4/c24-15-8-6-14(7-9-15)22-23(21(28)18-12-16(25)10-11-19(18)30-22)29-13-20(27)26-17-4-2-1-3-5-17/h6-12,17H,1-5,13H2,(H,26,27). The Morgan fingerprint density at radius 1 is 1.03 bits per heavy atom. The normalized spacial score (nSPS) is 14.6. The molecule has 0 atom stereocenters. The van der Waals surface area contributed by atoms with E-state index >= 15 is 0 Å². The molecule has 7 heteroatoms. The van der Waals surface area contributed by atoms with Gasteiger partial charge in [-0.2, -0.15) is 0 Å². The summed E-state index contributed by atoms with van der Waals surface area (Å²) in [6.45, 7) is -0.270. The molecule has 1 aliphatic carbocycles. The Labute approximate surface area is 183 Å². The Morgan fingerprint density at radius 3 is 2.47 bits per heavy atom. The zero-order valence-electron chi connectivity index (χ0n) is 16.3. The lowest BCUT2D eigenvalue weighted by Gasteiger charge is -2.22. The fourth-order valence-electron chi connectivity index (χ4n) is 3.73. The molecule has 156 valence electrons. The van der Waals surface area contributed by atoms with Crippen LogP contribution in [0.1, 0.15) is 32.1 Å². The average molecular weight is 446 g/mol. The van der Waals surface area contributed by atoms with Crippen LogP contribution in [0, 0.1) is 0 Å². The van der Waals surface area contributed by atoms with Crippen molar-refractivity contribution >= 4 is 40.1 Å². The molecule has 0 unspecified atom stereocenters. The van der Waals surface area contributed by atoms with E-state index in [0.29, 0.717) is 26.6 Å². The molecular formula is C23H21Cl2NO4. The molecule has 1 aliphatic rings. The monoisotopic (exact) mass is 445 g/mol.